The van der Waals surface area contributed by atoms with Crippen LogP contribution in [0.1, 0.15) is 73.1 Å². The lowest BCUT2D eigenvalue weighted by atomic mass is 9.95. The van der Waals surface area contributed by atoms with Gasteiger partial charge in [-0.25, -0.2) is 4.68 Å². The quantitative estimate of drug-likeness (QED) is 0.606. The van der Waals surface area contributed by atoms with E-state index in [1.807, 2.05) is 11.8 Å². The van der Waals surface area contributed by atoms with Crippen molar-refractivity contribution in [1.29, 1.82) is 0 Å². The van der Waals surface area contributed by atoms with E-state index < -0.39 is 6.36 Å². The van der Waals surface area contributed by atoms with Crippen molar-refractivity contribution in [3.8, 4) is 11.4 Å². The lowest BCUT2D eigenvalue weighted by Gasteiger charge is -2.41. The Bertz CT molecular complexity index is 1060. The second-order valence-electron chi connectivity index (χ2n) is 9.85. The van der Waals surface area contributed by atoms with Gasteiger partial charge in [0.05, 0.1) is 22.6 Å². The average molecular weight is 477 g/mol. The summed E-state index contributed by atoms with van der Waals surface area (Å²) in [6.45, 7) is 6.95. The summed E-state index contributed by atoms with van der Waals surface area (Å²) >= 11 is 0. The number of likely N-dealkylation sites (tertiary alicyclic amines) is 2. The number of aryl methyl sites for hydroxylation is 1. The molecule has 1 aromatic heterocycles. The molecular formula is C25H31F3N4O2. The van der Waals surface area contributed by atoms with Gasteiger partial charge in [-0.05, 0) is 77.6 Å². The van der Waals surface area contributed by atoms with E-state index in [0.717, 1.165) is 44.5 Å². The molecule has 2 aliphatic heterocycles. The molecule has 0 spiro atoms. The molecule has 3 aliphatic rings. The Morgan fingerprint density at radius 2 is 1.85 bits per heavy atom. The van der Waals surface area contributed by atoms with E-state index >= 15 is 0 Å². The van der Waals surface area contributed by atoms with Crippen LogP contribution in [0.2, 0.25) is 0 Å². The molecule has 184 valence electrons. The number of aromatic nitrogens is 2. The zero-order chi connectivity index (χ0) is 24.0. The average Bonchev–Trinajstić information content (AvgIpc) is 3.34. The monoisotopic (exact) mass is 476 g/mol. The fourth-order valence-corrected chi connectivity index (χ4v) is 5.58. The van der Waals surface area contributed by atoms with Gasteiger partial charge in [0.15, 0.2) is 0 Å². The van der Waals surface area contributed by atoms with E-state index in [1.165, 1.54) is 31.0 Å². The third kappa shape index (κ3) is 4.67. The first-order valence-corrected chi connectivity index (χ1v) is 12.2. The molecule has 1 aliphatic carbocycles. The summed E-state index contributed by atoms with van der Waals surface area (Å²) < 4.78 is 44.0. The number of ether oxygens (including phenoxy) is 1. The van der Waals surface area contributed by atoms with E-state index in [0.29, 0.717) is 29.5 Å². The predicted molar refractivity (Wildman–Crippen MR) is 121 cm³/mol. The van der Waals surface area contributed by atoms with E-state index in [1.54, 1.807) is 10.7 Å². The highest BCUT2D eigenvalue weighted by atomic mass is 19.4. The molecule has 6 nitrogen and oxygen atoms in total. The van der Waals surface area contributed by atoms with E-state index in [-0.39, 0.29) is 23.6 Å². The van der Waals surface area contributed by atoms with Gasteiger partial charge in [0.1, 0.15) is 5.75 Å². The second kappa shape index (κ2) is 8.91. The molecule has 1 aromatic carbocycles. The minimum absolute atomic E-state index is 0.0132. The Hall–Kier alpha value is -2.55. The minimum atomic E-state index is -4.77. The van der Waals surface area contributed by atoms with Crippen molar-refractivity contribution in [3.05, 3.63) is 41.2 Å². The first-order chi connectivity index (χ1) is 16.2. The van der Waals surface area contributed by atoms with Gasteiger partial charge in [0.25, 0.3) is 5.91 Å². The number of amides is 1. The lowest BCUT2D eigenvalue weighted by Crippen LogP contribution is -2.50. The van der Waals surface area contributed by atoms with Crippen LogP contribution in [0.3, 0.4) is 0 Å². The Morgan fingerprint density at radius 1 is 1.12 bits per heavy atom. The van der Waals surface area contributed by atoms with Crippen LogP contribution in [0, 0.1) is 6.92 Å². The first-order valence-electron chi connectivity index (χ1n) is 12.2. The summed E-state index contributed by atoms with van der Waals surface area (Å²) in [5.41, 5.74) is 2.49. The van der Waals surface area contributed by atoms with Gasteiger partial charge in [-0.3, -0.25) is 4.79 Å². The Balaban J connectivity index is 1.42. The Morgan fingerprint density at radius 3 is 2.50 bits per heavy atom. The second-order valence-corrected chi connectivity index (χ2v) is 9.85. The van der Waals surface area contributed by atoms with Crippen LogP contribution in [0.15, 0.2) is 24.3 Å². The zero-order valence-electron chi connectivity index (χ0n) is 19.6. The molecule has 2 aromatic rings. The van der Waals surface area contributed by atoms with Gasteiger partial charge in [-0.2, -0.15) is 5.10 Å². The summed E-state index contributed by atoms with van der Waals surface area (Å²) in [4.78, 5) is 18.3. The maximum atomic E-state index is 13.8. The molecule has 9 heteroatoms. The number of piperidine rings is 1. The van der Waals surface area contributed by atoms with Crippen molar-refractivity contribution in [1.82, 2.24) is 19.6 Å². The highest BCUT2D eigenvalue weighted by molar-refractivity contribution is 5.97. The van der Waals surface area contributed by atoms with Crippen LogP contribution in [0.25, 0.3) is 5.69 Å². The standard InChI is InChI=1S/C25H31F3N4O2/c1-16-14-19(30-11-3-4-12-30)10-13-31(16)24(33)22-17(2)29-32(23(22)18-8-9-18)20-6-5-7-21(15-20)34-25(26,27)28/h5-7,15-16,18-19H,3-4,8-14H2,1-2H3/t16-,19+/m0/s1. The molecule has 5 rings (SSSR count). The summed E-state index contributed by atoms with van der Waals surface area (Å²) in [5, 5.41) is 4.62. The van der Waals surface area contributed by atoms with Gasteiger partial charge in [-0.15, -0.1) is 13.2 Å². The van der Waals surface area contributed by atoms with E-state index in [2.05, 4.69) is 21.7 Å². The van der Waals surface area contributed by atoms with Gasteiger partial charge in [0.2, 0.25) is 0 Å². The highest BCUT2D eigenvalue weighted by Crippen LogP contribution is 2.44. The van der Waals surface area contributed by atoms with Crippen molar-refractivity contribution in [2.45, 2.75) is 76.7 Å². The topological polar surface area (TPSA) is 50.6 Å². The van der Waals surface area contributed by atoms with Crippen LogP contribution in [-0.4, -0.2) is 63.6 Å². The predicted octanol–water partition coefficient (Wildman–Crippen LogP) is 5.05. The van der Waals surface area contributed by atoms with Crippen molar-refractivity contribution < 1.29 is 22.7 Å². The zero-order valence-corrected chi connectivity index (χ0v) is 19.6. The normalized spacial score (nSPS) is 24.0. The molecule has 1 saturated carbocycles. The number of rotatable bonds is 5. The van der Waals surface area contributed by atoms with Crippen LogP contribution >= 0.6 is 0 Å². The lowest BCUT2D eigenvalue weighted by molar-refractivity contribution is -0.274. The number of carbonyl (C=O) groups is 1. The molecule has 0 N–H and O–H groups in total. The van der Waals surface area contributed by atoms with Crippen molar-refractivity contribution in [3.63, 3.8) is 0 Å². The van der Waals surface area contributed by atoms with Gasteiger partial charge < -0.3 is 14.5 Å². The Kier molecular flexibility index (Phi) is 6.08. The molecule has 0 unspecified atom stereocenters. The molecule has 34 heavy (non-hydrogen) atoms. The molecule has 0 radical (unpaired) electrons. The van der Waals surface area contributed by atoms with E-state index in [9.17, 15) is 18.0 Å². The number of hydrogen-bond acceptors (Lipinski definition) is 4. The van der Waals surface area contributed by atoms with Crippen LogP contribution in [0.5, 0.6) is 5.75 Å². The molecule has 3 fully saturated rings. The summed E-state index contributed by atoms with van der Waals surface area (Å²) in [5.74, 6) is -0.129. The number of nitrogens with zero attached hydrogens (tertiary/aromatic N) is 4. The van der Waals surface area contributed by atoms with E-state index in [4.69, 9.17) is 0 Å². The number of halogens is 3. The first kappa shape index (κ1) is 23.2. The van der Waals surface area contributed by atoms with Crippen molar-refractivity contribution >= 4 is 5.91 Å². The fraction of sp³-hybridized carbons (Fsp3) is 0.600. The smallest absolute Gasteiger partial charge is 0.406 e. The van der Waals surface area contributed by atoms with Crippen LogP contribution in [0.4, 0.5) is 13.2 Å². The number of carbonyl (C=O) groups excluding carboxylic acids is 1. The molecule has 1 amide bonds. The van der Waals surface area contributed by atoms with Gasteiger partial charge in [-0.1, -0.05) is 6.07 Å². The minimum Gasteiger partial charge on any atom is -0.406 e. The number of benzene rings is 1. The third-order valence-corrected chi connectivity index (χ3v) is 7.34. The highest BCUT2D eigenvalue weighted by Gasteiger charge is 2.39. The molecule has 2 saturated heterocycles. The summed E-state index contributed by atoms with van der Waals surface area (Å²) in [6.07, 6.45) is 1.56. The Labute approximate surface area is 197 Å². The maximum absolute atomic E-state index is 13.8. The molecule has 0 bridgehead atoms. The molecular weight excluding hydrogens is 445 g/mol. The third-order valence-electron chi connectivity index (χ3n) is 7.34. The van der Waals surface area contributed by atoms with Crippen LogP contribution in [-0.2, 0) is 0 Å². The molecule has 3 heterocycles. The SMILES string of the molecule is Cc1nn(-c2cccc(OC(F)(F)F)c2)c(C2CC2)c1C(=O)N1CC[C@@H](N2CCCC2)C[C@@H]1C. The number of hydrogen-bond donors (Lipinski definition) is 0. The van der Waals surface area contributed by atoms with Gasteiger partial charge >= 0.3 is 6.36 Å². The molecule has 2 atom stereocenters. The largest absolute Gasteiger partial charge is 0.573 e. The van der Waals surface area contributed by atoms with Gasteiger partial charge in [0, 0.05) is 30.6 Å². The fourth-order valence-electron chi connectivity index (χ4n) is 5.58. The van der Waals surface area contributed by atoms with Crippen molar-refractivity contribution in [2.75, 3.05) is 19.6 Å². The summed E-state index contributed by atoms with van der Waals surface area (Å²) in [7, 11) is 0. The number of alkyl halides is 3. The summed E-state index contributed by atoms with van der Waals surface area (Å²) in [6, 6.07) is 6.46. The van der Waals surface area contributed by atoms with Crippen molar-refractivity contribution in [2.24, 2.45) is 0 Å². The maximum Gasteiger partial charge on any atom is 0.573 e. The van der Waals surface area contributed by atoms with Crippen LogP contribution < -0.4 is 4.74 Å².